The van der Waals surface area contributed by atoms with Crippen LogP contribution >= 0.6 is 0 Å². The summed E-state index contributed by atoms with van der Waals surface area (Å²) in [7, 11) is -2.07. The minimum atomic E-state index is -3.60. The fourth-order valence-corrected chi connectivity index (χ4v) is 3.36. The molecule has 0 aromatic heterocycles. The standard InChI is InChI=1S/C19H21NO6S/c1-4-20-27(23,24)17-11-7-15(8-12-17)19(22)26-13(2)18(21)14-5-9-16(25-3)10-6-14/h5-13,20H,4H2,1-3H3/t13-/m0/s1. The van der Waals surface area contributed by atoms with E-state index in [0.717, 1.165) is 0 Å². The molecule has 0 fully saturated rings. The van der Waals surface area contributed by atoms with Crippen molar-refractivity contribution in [1.82, 2.24) is 4.72 Å². The Hall–Kier alpha value is -2.71. The SMILES string of the molecule is CCNS(=O)(=O)c1ccc(C(=O)O[C@@H](C)C(=O)c2ccc(OC)cc2)cc1. The van der Waals surface area contributed by atoms with E-state index in [1.807, 2.05) is 0 Å². The molecule has 0 spiro atoms. The van der Waals surface area contributed by atoms with Crippen LogP contribution in [0.15, 0.2) is 53.4 Å². The largest absolute Gasteiger partial charge is 0.497 e. The number of nitrogens with one attached hydrogen (secondary N) is 1. The number of carbonyl (C=O) groups is 2. The Kier molecular flexibility index (Phi) is 6.70. The maximum atomic E-state index is 12.4. The molecule has 0 aliphatic rings. The van der Waals surface area contributed by atoms with E-state index in [9.17, 15) is 18.0 Å². The van der Waals surface area contributed by atoms with Gasteiger partial charge in [-0.1, -0.05) is 6.92 Å². The Morgan fingerprint density at radius 1 is 1.00 bits per heavy atom. The van der Waals surface area contributed by atoms with Gasteiger partial charge in [0.15, 0.2) is 6.10 Å². The smallest absolute Gasteiger partial charge is 0.338 e. The number of Topliss-reactive ketones (excluding diaryl/α,β-unsaturated/α-hetero) is 1. The van der Waals surface area contributed by atoms with E-state index < -0.39 is 22.1 Å². The van der Waals surface area contributed by atoms with Crippen LogP contribution in [-0.2, 0) is 14.8 Å². The summed E-state index contributed by atoms with van der Waals surface area (Å²) < 4.78 is 36.4. The molecule has 2 aromatic carbocycles. The van der Waals surface area contributed by atoms with Gasteiger partial charge in [-0.15, -0.1) is 0 Å². The van der Waals surface area contributed by atoms with Gasteiger partial charge in [0.2, 0.25) is 15.8 Å². The van der Waals surface area contributed by atoms with E-state index in [-0.39, 0.29) is 22.8 Å². The topological polar surface area (TPSA) is 98.8 Å². The van der Waals surface area contributed by atoms with Crippen molar-refractivity contribution in [2.75, 3.05) is 13.7 Å². The average Bonchev–Trinajstić information content (AvgIpc) is 2.67. The van der Waals surface area contributed by atoms with E-state index in [1.54, 1.807) is 31.2 Å². The number of benzene rings is 2. The zero-order valence-corrected chi connectivity index (χ0v) is 16.1. The van der Waals surface area contributed by atoms with E-state index in [2.05, 4.69) is 4.72 Å². The highest BCUT2D eigenvalue weighted by atomic mass is 32.2. The Morgan fingerprint density at radius 2 is 1.56 bits per heavy atom. The number of ketones is 1. The first-order valence-electron chi connectivity index (χ1n) is 8.27. The second kappa shape index (κ2) is 8.79. The van der Waals surface area contributed by atoms with Gasteiger partial charge in [0.25, 0.3) is 0 Å². The zero-order chi connectivity index (χ0) is 20.0. The van der Waals surface area contributed by atoms with Crippen LogP contribution in [0.5, 0.6) is 5.75 Å². The van der Waals surface area contributed by atoms with Crippen LogP contribution in [0.25, 0.3) is 0 Å². The summed E-state index contributed by atoms with van der Waals surface area (Å²) >= 11 is 0. The molecule has 1 atom stereocenters. The van der Waals surface area contributed by atoms with E-state index in [1.165, 1.54) is 38.3 Å². The summed E-state index contributed by atoms with van der Waals surface area (Å²) in [6, 6.07) is 11.8. The Labute approximate surface area is 158 Å². The lowest BCUT2D eigenvalue weighted by atomic mass is 10.1. The molecule has 0 saturated heterocycles. The van der Waals surface area contributed by atoms with Gasteiger partial charge in [0.05, 0.1) is 17.6 Å². The second-order valence-corrected chi connectivity index (χ2v) is 7.43. The molecule has 0 bridgehead atoms. The maximum Gasteiger partial charge on any atom is 0.338 e. The van der Waals surface area contributed by atoms with Gasteiger partial charge in [0, 0.05) is 12.1 Å². The van der Waals surface area contributed by atoms with Gasteiger partial charge in [-0.25, -0.2) is 17.9 Å². The van der Waals surface area contributed by atoms with Crippen molar-refractivity contribution in [3.8, 4) is 5.75 Å². The van der Waals surface area contributed by atoms with Crippen molar-refractivity contribution >= 4 is 21.8 Å². The summed E-state index contributed by atoms with van der Waals surface area (Å²) in [5.74, 6) is -0.446. The van der Waals surface area contributed by atoms with Crippen molar-refractivity contribution in [2.24, 2.45) is 0 Å². The molecule has 2 aromatic rings. The molecule has 0 radical (unpaired) electrons. The zero-order valence-electron chi connectivity index (χ0n) is 15.3. The summed E-state index contributed by atoms with van der Waals surface area (Å²) in [5, 5.41) is 0. The number of sulfonamides is 1. The number of ether oxygens (including phenoxy) is 2. The molecule has 0 amide bonds. The molecule has 0 aliphatic carbocycles. The lowest BCUT2D eigenvalue weighted by molar-refractivity contribution is 0.0318. The van der Waals surface area contributed by atoms with Crippen LogP contribution in [0.3, 0.4) is 0 Å². The molecule has 7 nitrogen and oxygen atoms in total. The number of esters is 1. The minimum absolute atomic E-state index is 0.0447. The first-order valence-corrected chi connectivity index (χ1v) is 9.75. The van der Waals surface area contributed by atoms with Crippen LogP contribution in [-0.4, -0.2) is 39.9 Å². The fourth-order valence-electron chi connectivity index (χ4n) is 2.32. The van der Waals surface area contributed by atoms with Gasteiger partial charge < -0.3 is 9.47 Å². The van der Waals surface area contributed by atoms with Crippen LogP contribution in [0.1, 0.15) is 34.6 Å². The third kappa shape index (κ3) is 5.15. The molecule has 1 N–H and O–H groups in total. The number of methoxy groups -OCH3 is 1. The molecule has 144 valence electrons. The minimum Gasteiger partial charge on any atom is -0.497 e. The van der Waals surface area contributed by atoms with E-state index in [4.69, 9.17) is 9.47 Å². The highest BCUT2D eigenvalue weighted by molar-refractivity contribution is 7.89. The lowest BCUT2D eigenvalue weighted by Crippen LogP contribution is -2.25. The van der Waals surface area contributed by atoms with Gasteiger partial charge in [0.1, 0.15) is 5.75 Å². The van der Waals surface area contributed by atoms with Crippen molar-refractivity contribution in [1.29, 1.82) is 0 Å². The van der Waals surface area contributed by atoms with Gasteiger partial charge in [-0.3, -0.25) is 4.79 Å². The van der Waals surface area contributed by atoms with Crippen LogP contribution in [0, 0.1) is 0 Å². The summed E-state index contributed by atoms with van der Waals surface area (Å²) in [4.78, 5) is 24.6. The molecule has 0 unspecified atom stereocenters. The average molecular weight is 391 g/mol. The van der Waals surface area contributed by atoms with Crippen LogP contribution in [0.4, 0.5) is 0 Å². The molecule has 0 aliphatic heterocycles. The summed E-state index contributed by atoms with van der Waals surface area (Å²) in [6.07, 6.45) is -0.990. The molecule has 0 heterocycles. The fraction of sp³-hybridized carbons (Fsp3) is 0.263. The molecule has 8 heteroatoms. The highest BCUT2D eigenvalue weighted by Gasteiger charge is 2.21. The number of hydrogen-bond donors (Lipinski definition) is 1. The summed E-state index contributed by atoms with van der Waals surface area (Å²) in [5.41, 5.74) is 0.544. The second-order valence-electron chi connectivity index (χ2n) is 5.67. The number of carbonyl (C=O) groups excluding carboxylic acids is 2. The molecule has 2 rings (SSSR count). The van der Waals surface area contributed by atoms with Crippen molar-refractivity contribution in [3.63, 3.8) is 0 Å². The Balaban J connectivity index is 2.06. The Morgan fingerprint density at radius 3 is 2.07 bits per heavy atom. The normalized spacial score (nSPS) is 12.3. The van der Waals surface area contributed by atoms with Crippen molar-refractivity contribution < 1.29 is 27.5 Å². The third-order valence-electron chi connectivity index (χ3n) is 3.76. The van der Waals surface area contributed by atoms with Crippen molar-refractivity contribution in [2.45, 2.75) is 24.8 Å². The van der Waals surface area contributed by atoms with Gasteiger partial charge >= 0.3 is 5.97 Å². The molecule has 27 heavy (non-hydrogen) atoms. The lowest BCUT2D eigenvalue weighted by Gasteiger charge is -2.13. The highest BCUT2D eigenvalue weighted by Crippen LogP contribution is 2.16. The van der Waals surface area contributed by atoms with Crippen molar-refractivity contribution in [3.05, 3.63) is 59.7 Å². The predicted octanol–water partition coefficient (Wildman–Crippen LogP) is 2.42. The van der Waals surface area contributed by atoms with E-state index in [0.29, 0.717) is 11.3 Å². The monoisotopic (exact) mass is 391 g/mol. The molecular weight excluding hydrogens is 370 g/mol. The first kappa shape index (κ1) is 20.6. The van der Waals surface area contributed by atoms with Crippen LogP contribution < -0.4 is 9.46 Å². The third-order valence-corrected chi connectivity index (χ3v) is 5.32. The van der Waals surface area contributed by atoms with Gasteiger partial charge in [-0.05, 0) is 55.5 Å². The van der Waals surface area contributed by atoms with Crippen LogP contribution in [0.2, 0.25) is 0 Å². The maximum absolute atomic E-state index is 12.4. The quantitative estimate of drug-likeness (QED) is 0.548. The van der Waals surface area contributed by atoms with Gasteiger partial charge in [-0.2, -0.15) is 0 Å². The summed E-state index contributed by atoms with van der Waals surface area (Å²) in [6.45, 7) is 3.41. The Bertz CT molecular complexity index is 904. The predicted molar refractivity (Wildman–Crippen MR) is 99.5 cm³/mol. The first-order chi connectivity index (χ1) is 12.8. The molecule has 0 saturated carbocycles. The molecular formula is C19H21NO6S. The number of rotatable bonds is 8. The van der Waals surface area contributed by atoms with E-state index >= 15 is 0 Å². The number of hydrogen-bond acceptors (Lipinski definition) is 6.